The molecular weight excluding hydrogens is 497 g/mol. The Balaban J connectivity index is 0.00000361. The molecule has 180 valence electrons. The molecule has 1 N–H and O–H groups in total. The van der Waals surface area contributed by atoms with Crippen molar-refractivity contribution < 1.29 is 27.7 Å². The van der Waals surface area contributed by atoms with Crippen LogP contribution in [0.4, 0.5) is 0 Å². The molecule has 4 aromatic rings. The summed E-state index contributed by atoms with van der Waals surface area (Å²) < 4.78 is 32.9. The van der Waals surface area contributed by atoms with Gasteiger partial charge in [-0.1, -0.05) is 59.8 Å². The van der Waals surface area contributed by atoms with Crippen LogP contribution in [0.2, 0.25) is 0 Å². The predicted octanol–water partition coefficient (Wildman–Crippen LogP) is 3.50. The van der Waals surface area contributed by atoms with E-state index in [1.165, 1.54) is 36.4 Å². The van der Waals surface area contributed by atoms with Gasteiger partial charge in [0, 0.05) is 11.1 Å². The fraction of sp³-hybridized carbons (Fsp3) is 0.0833. The predicted molar refractivity (Wildman–Crippen MR) is 132 cm³/mol. The van der Waals surface area contributed by atoms with Crippen LogP contribution in [0.3, 0.4) is 0 Å². The summed E-state index contributed by atoms with van der Waals surface area (Å²) in [6.45, 7) is 1.49. The number of aromatic nitrogens is 1. The van der Waals surface area contributed by atoms with Crippen molar-refractivity contribution in [2.75, 3.05) is 0 Å². The molecule has 0 aliphatic heterocycles. The molecule has 1 amide bonds. The molecule has 10 nitrogen and oxygen atoms in total. The second kappa shape index (κ2) is 11.5. The molecule has 3 aromatic carbocycles. The number of nitrogens with zero attached hydrogens (tertiary/aromatic N) is 2. The SMILES string of the molecule is Cc1onc(-c2ccccc2)c1-c1ccc(S(=O)(=O)NC(=O)c2ccc(CO[N+](=O)[O-])cc2)cc1.[NaH]. The number of amides is 1. The van der Waals surface area contributed by atoms with Crippen LogP contribution < -0.4 is 4.72 Å². The second-order valence-corrected chi connectivity index (χ2v) is 9.16. The van der Waals surface area contributed by atoms with Crippen LogP contribution in [-0.2, 0) is 21.5 Å². The normalized spacial score (nSPS) is 10.8. The molecule has 0 spiro atoms. The van der Waals surface area contributed by atoms with Gasteiger partial charge in [-0.15, -0.1) is 10.1 Å². The van der Waals surface area contributed by atoms with Gasteiger partial charge in [0.1, 0.15) is 18.1 Å². The Kier molecular flexibility index (Phi) is 8.64. The molecule has 0 unspecified atom stereocenters. The molecule has 36 heavy (non-hydrogen) atoms. The summed E-state index contributed by atoms with van der Waals surface area (Å²) in [5.74, 6) is -0.253. The number of benzene rings is 3. The zero-order valence-electron chi connectivity index (χ0n) is 18.4. The van der Waals surface area contributed by atoms with Gasteiger partial charge < -0.3 is 9.36 Å². The van der Waals surface area contributed by atoms with Crippen molar-refractivity contribution in [3.8, 4) is 22.4 Å². The third-order valence-corrected chi connectivity index (χ3v) is 6.49. The van der Waals surface area contributed by atoms with Gasteiger partial charge in [-0.3, -0.25) is 4.79 Å². The molecule has 4 rings (SSSR count). The number of rotatable bonds is 8. The molecule has 0 saturated carbocycles. The van der Waals surface area contributed by atoms with Gasteiger partial charge in [0.15, 0.2) is 0 Å². The maximum absolute atomic E-state index is 12.8. The molecule has 1 aromatic heterocycles. The van der Waals surface area contributed by atoms with Gasteiger partial charge >= 0.3 is 29.6 Å². The topological polar surface area (TPSA) is 142 Å². The van der Waals surface area contributed by atoms with Crippen molar-refractivity contribution in [2.45, 2.75) is 18.4 Å². The van der Waals surface area contributed by atoms with E-state index in [1.54, 1.807) is 19.1 Å². The van der Waals surface area contributed by atoms with Crippen molar-refractivity contribution in [3.05, 3.63) is 106 Å². The van der Waals surface area contributed by atoms with Crippen LogP contribution in [0.15, 0.2) is 88.3 Å². The Labute approximate surface area is 228 Å². The number of carbonyl (C=O) groups is 1. The van der Waals surface area contributed by atoms with Crippen molar-refractivity contribution >= 4 is 45.5 Å². The van der Waals surface area contributed by atoms with E-state index < -0.39 is 21.0 Å². The van der Waals surface area contributed by atoms with Gasteiger partial charge in [0.05, 0.1) is 10.5 Å². The first kappa shape index (κ1) is 27.1. The van der Waals surface area contributed by atoms with Gasteiger partial charge in [-0.05, 0) is 42.3 Å². The molecule has 0 aliphatic carbocycles. The summed E-state index contributed by atoms with van der Waals surface area (Å²) >= 11 is 0. The number of nitrogens with one attached hydrogen (secondary N) is 1. The monoisotopic (exact) mass is 517 g/mol. The number of sulfonamides is 1. The number of hydrogen-bond donors (Lipinski definition) is 1. The van der Waals surface area contributed by atoms with Gasteiger partial charge in [0.25, 0.3) is 21.0 Å². The zero-order valence-corrected chi connectivity index (χ0v) is 19.2. The van der Waals surface area contributed by atoms with Crippen molar-refractivity contribution in [1.29, 1.82) is 0 Å². The summed E-state index contributed by atoms with van der Waals surface area (Å²) in [5, 5.41) is 13.5. The third-order valence-electron chi connectivity index (χ3n) is 5.14. The van der Waals surface area contributed by atoms with Crippen LogP contribution in [0.1, 0.15) is 21.7 Å². The number of aryl methyl sites for hydroxylation is 1. The van der Waals surface area contributed by atoms with Gasteiger partial charge in [0.2, 0.25) is 0 Å². The van der Waals surface area contributed by atoms with E-state index in [0.717, 1.165) is 11.1 Å². The first-order valence-corrected chi connectivity index (χ1v) is 11.8. The van der Waals surface area contributed by atoms with Crippen molar-refractivity contribution in [2.24, 2.45) is 0 Å². The molecule has 0 aliphatic rings. The number of carbonyl (C=O) groups excluding carboxylic acids is 1. The maximum atomic E-state index is 12.8. The van der Waals surface area contributed by atoms with Gasteiger partial charge in [-0.25, -0.2) is 13.1 Å². The second-order valence-electron chi connectivity index (χ2n) is 7.48. The van der Waals surface area contributed by atoms with E-state index in [1.807, 2.05) is 35.1 Å². The van der Waals surface area contributed by atoms with Crippen LogP contribution in [0.25, 0.3) is 22.4 Å². The first-order chi connectivity index (χ1) is 16.7. The van der Waals surface area contributed by atoms with Crippen LogP contribution in [-0.4, -0.2) is 54.1 Å². The quantitative estimate of drug-likeness (QED) is 0.213. The summed E-state index contributed by atoms with van der Waals surface area (Å²) in [4.78, 5) is 26.9. The molecule has 0 saturated heterocycles. The first-order valence-electron chi connectivity index (χ1n) is 10.3. The molecule has 0 bridgehead atoms. The van der Waals surface area contributed by atoms with Crippen LogP contribution >= 0.6 is 0 Å². The fourth-order valence-electron chi connectivity index (χ4n) is 3.43. The summed E-state index contributed by atoms with van der Waals surface area (Å²) in [6, 6.07) is 21.1. The van der Waals surface area contributed by atoms with Gasteiger partial charge in [-0.2, -0.15) is 0 Å². The summed E-state index contributed by atoms with van der Waals surface area (Å²) in [5.41, 5.74) is 3.47. The van der Waals surface area contributed by atoms with E-state index in [4.69, 9.17) is 4.52 Å². The van der Waals surface area contributed by atoms with Crippen molar-refractivity contribution in [1.82, 2.24) is 9.88 Å². The fourth-order valence-corrected chi connectivity index (χ4v) is 4.40. The van der Waals surface area contributed by atoms with E-state index in [9.17, 15) is 23.3 Å². The van der Waals surface area contributed by atoms with E-state index in [0.29, 0.717) is 22.6 Å². The molecule has 1 heterocycles. The van der Waals surface area contributed by atoms with Crippen LogP contribution in [0.5, 0.6) is 0 Å². The Morgan fingerprint density at radius 1 is 1.00 bits per heavy atom. The minimum atomic E-state index is -4.15. The third kappa shape index (κ3) is 6.18. The Morgan fingerprint density at radius 3 is 2.25 bits per heavy atom. The molecule has 0 fully saturated rings. The Morgan fingerprint density at radius 2 is 1.64 bits per heavy atom. The summed E-state index contributed by atoms with van der Waals surface area (Å²) in [7, 11) is -4.15. The molecule has 0 radical (unpaired) electrons. The van der Waals surface area contributed by atoms with Crippen LogP contribution in [0, 0.1) is 17.0 Å². The van der Waals surface area contributed by atoms with E-state index in [-0.39, 0.29) is 46.6 Å². The Hall–Kier alpha value is -3.51. The standard InChI is InChI=1S/C24H19N3O7S.Na.H/c1-16-22(23(25-34-16)19-5-3-2-4-6-19)18-11-13-21(14-12-18)35(31,32)26-24(28)20-9-7-17(8-10-20)15-33-27(29)30;;/h2-14H,15H2,1H3,(H,26,28);;. The molecule has 0 atom stereocenters. The van der Waals surface area contributed by atoms with E-state index >= 15 is 0 Å². The summed E-state index contributed by atoms with van der Waals surface area (Å²) in [6.07, 6.45) is 0. The number of hydrogen-bond acceptors (Lipinski definition) is 8. The minimum absolute atomic E-state index is 0. The molecule has 12 heteroatoms. The molecular formula is C24H20N3NaO7S. The average molecular weight is 517 g/mol. The van der Waals surface area contributed by atoms with E-state index in [2.05, 4.69) is 9.99 Å². The Bertz CT molecular complexity index is 1470. The zero-order chi connectivity index (χ0) is 25.0. The average Bonchev–Trinajstić information content (AvgIpc) is 3.24. The van der Waals surface area contributed by atoms with Crippen molar-refractivity contribution in [3.63, 3.8) is 0 Å².